The predicted molar refractivity (Wildman–Crippen MR) is 93.3 cm³/mol. The molecule has 0 spiro atoms. The Balaban J connectivity index is 1.54. The van der Waals surface area contributed by atoms with Crippen molar-refractivity contribution in [2.24, 2.45) is 0 Å². The number of thiophene rings is 1. The summed E-state index contributed by atoms with van der Waals surface area (Å²) >= 11 is 1.47. The first kappa shape index (κ1) is 16.0. The second-order valence-electron chi connectivity index (χ2n) is 5.22. The summed E-state index contributed by atoms with van der Waals surface area (Å²) in [4.78, 5) is 25.7. The zero-order valence-corrected chi connectivity index (χ0v) is 13.9. The summed E-state index contributed by atoms with van der Waals surface area (Å²) in [5.74, 6) is -0.116. The van der Waals surface area contributed by atoms with Crippen LogP contribution in [0.25, 0.3) is 0 Å². The molecule has 3 rings (SSSR count). The fourth-order valence-electron chi connectivity index (χ4n) is 2.13. The molecule has 0 atom stereocenters. The molecule has 0 saturated carbocycles. The molecular formula is C18H16N2O3S. The van der Waals surface area contributed by atoms with Crippen molar-refractivity contribution in [2.75, 3.05) is 5.32 Å². The van der Waals surface area contributed by atoms with Crippen molar-refractivity contribution < 1.29 is 14.0 Å². The summed E-state index contributed by atoms with van der Waals surface area (Å²) < 4.78 is 5.04. The number of carbonyl (C=O) groups is 2. The lowest BCUT2D eigenvalue weighted by atomic mass is 10.2. The number of amides is 2. The van der Waals surface area contributed by atoms with Gasteiger partial charge in [-0.25, -0.2) is 0 Å². The second-order valence-corrected chi connectivity index (χ2v) is 6.51. The van der Waals surface area contributed by atoms with Gasteiger partial charge in [0, 0.05) is 17.1 Å². The SMILES string of the molecule is Cc1ccc(C(=O)NCc2ccc(NC(=O)c3ccco3)cc2)s1. The number of rotatable bonds is 5. The van der Waals surface area contributed by atoms with Gasteiger partial charge in [0.2, 0.25) is 0 Å². The van der Waals surface area contributed by atoms with E-state index in [-0.39, 0.29) is 17.6 Å². The van der Waals surface area contributed by atoms with Crippen molar-refractivity contribution in [3.63, 3.8) is 0 Å². The number of carbonyl (C=O) groups excluding carboxylic acids is 2. The lowest BCUT2D eigenvalue weighted by Gasteiger charge is -2.06. The summed E-state index contributed by atoms with van der Waals surface area (Å²) in [5.41, 5.74) is 1.62. The second kappa shape index (κ2) is 7.14. The lowest BCUT2D eigenvalue weighted by molar-refractivity contribution is 0.0953. The molecule has 0 aliphatic rings. The Labute approximate surface area is 143 Å². The van der Waals surface area contributed by atoms with Crippen LogP contribution in [-0.2, 0) is 6.54 Å². The van der Waals surface area contributed by atoms with Gasteiger partial charge in [-0.1, -0.05) is 12.1 Å². The third kappa shape index (κ3) is 3.91. The smallest absolute Gasteiger partial charge is 0.291 e. The lowest BCUT2D eigenvalue weighted by Crippen LogP contribution is -2.21. The van der Waals surface area contributed by atoms with Crippen molar-refractivity contribution in [2.45, 2.75) is 13.5 Å². The molecule has 0 unspecified atom stereocenters. The van der Waals surface area contributed by atoms with Crippen LogP contribution in [0.4, 0.5) is 5.69 Å². The Kier molecular flexibility index (Phi) is 4.77. The summed E-state index contributed by atoms with van der Waals surface area (Å²) in [7, 11) is 0. The van der Waals surface area contributed by atoms with Crippen molar-refractivity contribution >= 4 is 28.8 Å². The first-order chi connectivity index (χ1) is 11.6. The van der Waals surface area contributed by atoms with E-state index in [0.29, 0.717) is 17.1 Å². The van der Waals surface area contributed by atoms with Crippen molar-refractivity contribution in [1.29, 1.82) is 0 Å². The van der Waals surface area contributed by atoms with Crippen molar-refractivity contribution in [1.82, 2.24) is 5.32 Å². The summed E-state index contributed by atoms with van der Waals surface area (Å²) in [6.45, 7) is 2.40. The molecule has 1 aromatic carbocycles. The van der Waals surface area contributed by atoms with E-state index in [4.69, 9.17) is 4.42 Å². The van der Waals surface area contributed by atoms with Crippen molar-refractivity contribution in [3.8, 4) is 0 Å². The number of aryl methyl sites for hydroxylation is 1. The predicted octanol–water partition coefficient (Wildman–Crippen LogP) is 3.83. The maximum Gasteiger partial charge on any atom is 0.291 e. The molecule has 3 aromatic rings. The zero-order chi connectivity index (χ0) is 16.9. The van der Waals surface area contributed by atoms with Crippen LogP contribution in [0.15, 0.2) is 59.2 Å². The molecule has 0 radical (unpaired) electrons. The molecule has 0 saturated heterocycles. The standard InChI is InChI=1S/C18H16N2O3S/c1-12-4-9-16(24-12)18(22)19-11-13-5-7-14(8-6-13)20-17(21)15-3-2-10-23-15/h2-10H,11H2,1H3,(H,19,22)(H,20,21). The van der Waals surface area contributed by atoms with Crippen LogP contribution in [0.3, 0.4) is 0 Å². The molecule has 24 heavy (non-hydrogen) atoms. The first-order valence-electron chi connectivity index (χ1n) is 7.40. The Morgan fingerprint density at radius 1 is 1.04 bits per heavy atom. The molecule has 0 aliphatic carbocycles. The Morgan fingerprint density at radius 3 is 2.46 bits per heavy atom. The third-order valence-electron chi connectivity index (χ3n) is 3.37. The highest BCUT2D eigenvalue weighted by Gasteiger charge is 2.09. The van der Waals surface area contributed by atoms with Gasteiger partial charge in [0.1, 0.15) is 0 Å². The first-order valence-corrected chi connectivity index (χ1v) is 8.22. The Morgan fingerprint density at radius 2 is 1.83 bits per heavy atom. The quantitative estimate of drug-likeness (QED) is 0.741. The topological polar surface area (TPSA) is 71.3 Å². The zero-order valence-electron chi connectivity index (χ0n) is 13.0. The van der Waals surface area contributed by atoms with Gasteiger partial charge in [-0.2, -0.15) is 0 Å². The summed E-state index contributed by atoms with van der Waals surface area (Å²) in [6, 6.07) is 14.3. The van der Waals surface area contributed by atoms with Crippen LogP contribution in [0.2, 0.25) is 0 Å². The van der Waals surface area contributed by atoms with Crippen molar-refractivity contribution in [3.05, 3.63) is 75.9 Å². The number of nitrogens with one attached hydrogen (secondary N) is 2. The minimum atomic E-state index is -0.297. The molecule has 5 nitrogen and oxygen atoms in total. The largest absolute Gasteiger partial charge is 0.459 e. The number of hydrogen-bond acceptors (Lipinski definition) is 4. The van der Waals surface area contributed by atoms with Gasteiger partial charge in [-0.3, -0.25) is 9.59 Å². The van der Waals surface area contributed by atoms with E-state index < -0.39 is 0 Å². The normalized spacial score (nSPS) is 10.4. The van der Waals surface area contributed by atoms with Gasteiger partial charge in [0.05, 0.1) is 11.1 Å². The minimum absolute atomic E-state index is 0.0803. The maximum absolute atomic E-state index is 12.0. The van der Waals surface area contributed by atoms with Gasteiger partial charge in [-0.15, -0.1) is 11.3 Å². The number of hydrogen-bond donors (Lipinski definition) is 2. The molecule has 6 heteroatoms. The highest BCUT2D eigenvalue weighted by Crippen LogP contribution is 2.15. The van der Waals surface area contributed by atoms with Crippen LogP contribution in [0, 0.1) is 6.92 Å². The van der Waals surface area contributed by atoms with Crippen LogP contribution >= 0.6 is 11.3 Å². The van der Waals surface area contributed by atoms with Gasteiger partial charge in [0.25, 0.3) is 11.8 Å². The number of anilines is 1. The summed E-state index contributed by atoms with van der Waals surface area (Å²) in [6.07, 6.45) is 1.45. The van der Waals surface area contributed by atoms with Gasteiger partial charge in [-0.05, 0) is 48.9 Å². The maximum atomic E-state index is 12.0. The van der Waals surface area contributed by atoms with E-state index in [9.17, 15) is 9.59 Å². The van der Waals surface area contributed by atoms with E-state index in [1.165, 1.54) is 17.6 Å². The monoisotopic (exact) mass is 340 g/mol. The highest BCUT2D eigenvalue weighted by atomic mass is 32.1. The third-order valence-corrected chi connectivity index (χ3v) is 4.37. The molecule has 122 valence electrons. The minimum Gasteiger partial charge on any atom is -0.459 e. The number of furan rings is 1. The Bertz CT molecular complexity index is 836. The van der Waals surface area contributed by atoms with E-state index >= 15 is 0 Å². The van der Waals surface area contributed by atoms with Crippen LogP contribution in [0.5, 0.6) is 0 Å². The average Bonchev–Trinajstić information content (AvgIpc) is 3.25. The van der Waals surface area contributed by atoms with Crippen LogP contribution < -0.4 is 10.6 Å². The van der Waals surface area contributed by atoms with Crippen LogP contribution in [-0.4, -0.2) is 11.8 Å². The molecule has 0 bridgehead atoms. The molecule has 0 aliphatic heterocycles. The summed E-state index contributed by atoms with van der Waals surface area (Å²) in [5, 5.41) is 5.63. The molecule has 2 N–H and O–H groups in total. The fourth-order valence-corrected chi connectivity index (χ4v) is 2.92. The van der Waals surface area contributed by atoms with E-state index in [2.05, 4.69) is 10.6 Å². The fraction of sp³-hybridized carbons (Fsp3) is 0.111. The molecular weight excluding hydrogens is 324 g/mol. The molecule has 2 aromatic heterocycles. The molecule has 0 fully saturated rings. The van der Waals surface area contributed by atoms with E-state index in [1.807, 2.05) is 31.2 Å². The van der Waals surface area contributed by atoms with E-state index in [1.54, 1.807) is 24.3 Å². The number of benzene rings is 1. The van der Waals surface area contributed by atoms with Crippen LogP contribution in [0.1, 0.15) is 30.7 Å². The molecule has 2 heterocycles. The van der Waals surface area contributed by atoms with E-state index in [0.717, 1.165) is 10.4 Å². The van der Waals surface area contributed by atoms with Gasteiger partial charge < -0.3 is 15.1 Å². The van der Waals surface area contributed by atoms with Gasteiger partial charge in [0.15, 0.2) is 5.76 Å². The Hall–Kier alpha value is -2.86. The average molecular weight is 340 g/mol. The van der Waals surface area contributed by atoms with Gasteiger partial charge >= 0.3 is 0 Å². The molecule has 2 amide bonds. The highest BCUT2D eigenvalue weighted by molar-refractivity contribution is 7.13.